The van der Waals surface area contributed by atoms with Crippen molar-refractivity contribution in [2.75, 3.05) is 13.2 Å². The number of nitrogens with one attached hydrogen (secondary N) is 1. The van der Waals surface area contributed by atoms with Crippen LogP contribution in [0.1, 0.15) is 0 Å². The molecule has 1 N–H and O–H groups in total. The van der Waals surface area contributed by atoms with E-state index < -0.39 is 5.76 Å². The Kier molecular flexibility index (Phi) is 2.35. The lowest BCUT2D eigenvalue weighted by Gasteiger charge is -2.25. The van der Waals surface area contributed by atoms with Crippen molar-refractivity contribution in [1.29, 1.82) is 0 Å². The molecular formula is C10H8N4O4. The molecule has 0 fully saturated rings. The highest BCUT2D eigenvalue weighted by atomic mass is 16.6. The van der Waals surface area contributed by atoms with Crippen LogP contribution in [0.15, 0.2) is 26.5 Å². The second kappa shape index (κ2) is 4.01. The Bertz CT molecular complexity index is 697. The van der Waals surface area contributed by atoms with Gasteiger partial charge in [0, 0.05) is 4.91 Å². The van der Waals surface area contributed by atoms with Crippen LogP contribution in [0.2, 0.25) is 0 Å². The first-order valence-corrected chi connectivity index (χ1v) is 5.24. The molecule has 1 aromatic heterocycles. The Morgan fingerprint density at radius 3 is 3.28 bits per heavy atom. The number of hydrogen-bond donors (Lipinski definition) is 1. The molecule has 92 valence electrons. The molecule has 3 rings (SSSR count). The number of ether oxygens (including phenoxy) is 2. The second-order valence-electron chi connectivity index (χ2n) is 3.75. The topological polar surface area (TPSA) is 113 Å². The maximum atomic E-state index is 11.1. The van der Waals surface area contributed by atoms with Crippen LogP contribution in [0.3, 0.4) is 0 Å². The van der Waals surface area contributed by atoms with Crippen LogP contribution >= 0.6 is 0 Å². The number of oxazole rings is 1. The van der Waals surface area contributed by atoms with E-state index in [-0.39, 0.29) is 19.3 Å². The van der Waals surface area contributed by atoms with Crippen molar-refractivity contribution in [2.24, 2.45) is 5.11 Å². The van der Waals surface area contributed by atoms with Crippen molar-refractivity contribution < 1.29 is 13.9 Å². The molecule has 1 aliphatic rings. The number of H-pyrrole nitrogens is 1. The molecule has 1 aliphatic heterocycles. The summed E-state index contributed by atoms with van der Waals surface area (Å²) in [5, 5.41) is 3.43. The van der Waals surface area contributed by atoms with Gasteiger partial charge in [0.25, 0.3) is 0 Å². The second-order valence-corrected chi connectivity index (χ2v) is 3.75. The number of hydrogen-bond acceptors (Lipinski definition) is 5. The molecule has 0 amide bonds. The average molecular weight is 248 g/mol. The van der Waals surface area contributed by atoms with E-state index in [0.717, 1.165) is 0 Å². The van der Waals surface area contributed by atoms with Gasteiger partial charge < -0.3 is 13.9 Å². The summed E-state index contributed by atoms with van der Waals surface area (Å²) in [6.07, 6.45) is -0.390. The lowest BCUT2D eigenvalue weighted by atomic mass is 10.2. The number of benzene rings is 1. The molecule has 2 heterocycles. The number of aromatic amines is 1. The first-order valence-electron chi connectivity index (χ1n) is 5.24. The summed E-state index contributed by atoms with van der Waals surface area (Å²) in [5.41, 5.74) is 9.11. The van der Waals surface area contributed by atoms with Crippen LogP contribution in [0.4, 0.5) is 0 Å². The Labute approximate surface area is 99.7 Å². The Hall–Kier alpha value is -2.60. The highest BCUT2D eigenvalue weighted by Gasteiger charge is 2.24. The molecule has 0 aliphatic carbocycles. The first-order chi connectivity index (χ1) is 8.78. The highest BCUT2D eigenvalue weighted by molar-refractivity contribution is 5.82. The van der Waals surface area contributed by atoms with Crippen molar-refractivity contribution in [3.05, 3.63) is 33.1 Å². The quantitative estimate of drug-likeness (QED) is 0.493. The summed E-state index contributed by atoms with van der Waals surface area (Å²) in [7, 11) is 0. The Morgan fingerprint density at radius 2 is 2.44 bits per heavy atom. The maximum absolute atomic E-state index is 11.1. The molecule has 1 aromatic carbocycles. The van der Waals surface area contributed by atoms with Gasteiger partial charge in [0.05, 0.1) is 12.1 Å². The standard InChI is InChI=1S/C10H8N4O4/c11-14-12-3-5-4-16-7-2-1-6-8(9(7)17-5)18-10(15)13-6/h1-2,5H,3-4H2,(H,13,15). The number of fused-ring (bicyclic) bond motifs is 3. The zero-order valence-electron chi connectivity index (χ0n) is 9.12. The number of azide groups is 1. The molecule has 0 bridgehead atoms. The third-order valence-electron chi connectivity index (χ3n) is 2.57. The molecule has 18 heavy (non-hydrogen) atoms. The molecule has 8 heteroatoms. The van der Waals surface area contributed by atoms with E-state index in [4.69, 9.17) is 19.4 Å². The molecule has 0 saturated carbocycles. The molecule has 0 spiro atoms. The van der Waals surface area contributed by atoms with Crippen LogP contribution in [-0.2, 0) is 0 Å². The Morgan fingerprint density at radius 1 is 1.56 bits per heavy atom. The molecule has 8 nitrogen and oxygen atoms in total. The lowest BCUT2D eigenvalue weighted by molar-refractivity contribution is 0.0975. The molecule has 2 aromatic rings. The lowest BCUT2D eigenvalue weighted by Crippen LogP contribution is -2.31. The van der Waals surface area contributed by atoms with Crippen molar-refractivity contribution in [3.63, 3.8) is 0 Å². The minimum atomic E-state index is -0.556. The predicted molar refractivity (Wildman–Crippen MR) is 60.8 cm³/mol. The fourth-order valence-electron chi connectivity index (χ4n) is 1.80. The van der Waals surface area contributed by atoms with Gasteiger partial charge in [-0.2, -0.15) is 0 Å². The monoisotopic (exact) mass is 248 g/mol. The normalized spacial score (nSPS) is 17.4. The van der Waals surface area contributed by atoms with Crippen molar-refractivity contribution in [3.8, 4) is 11.5 Å². The summed E-state index contributed by atoms with van der Waals surface area (Å²) in [6, 6.07) is 3.36. The number of nitrogens with zero attached hydrogens (tertiary/aromatic N) is 3. The smallest absolute Gasteiger partial charge is 0.417 e. The van der Waals surface area contributed by atoms with E-state index in [2.05, 4.69) is 15.0 Å². The van der Waals surface area contributed by atoms with Gasteiger partial charge in [-0.15, -0.1) is 0 Å². The van der Waals surface area contributed by atoms with Gasteiger partial charge in [-0.3, -0.25) is 4.98 Å². The fourth-order valence-corrected chi connectivity index (χ4v) is 1.80. The zero-order chi connectivity index (χ0) is 12.5. The van der Waals surface area contributed by atoms with Gasteiger partial charge in [0.2, 0.25) is 11.3 Å². The van der Waals surface area contributed by atoms with Gasteiger partial charge in [-0.25, -0.2) is 4.79 Å². The fraction of sp³-hybridized carbons (Fsp3) is 0.300. The van der Waals surface area contributed by atoms with Gasteiger partial charge in [0.1, 0.15) is 12.7 Å². The predicted octanol–water partition coefficient (Wildman–Crippen LogP) is 1.57. The van der Waals surface area contributed by atoms with Crippen LogP contribution in [0, 0.1) is 0 Å². The largest absolute Gasteiger partial charge is 0.486 e. The molecular weight excluding hydrogens is 240 g/mol. The van der Waals surface area contributed by atoms with Crippen molar-refractivity contribution >= 4 is 11.1 Å². The van der Waals surface area contributed by atoms with E-state index in [1.165, 1.54) is 0 Å². The maximum Gasteiger partial charge on any atom is 0.417 e. The average Bonchev–Trinajstić information content (AvgIpc) is 2.77. The zero-order valence-corrected chi connectivity index (χ0v) is 9.12. The summed E-state index contributed by atoms with van der Waals surface area (Å²) >= 11 is 0. The third-order valence-corrected chi connectivity index (χ3v) is 2.57. The summed E-state index contributed by atoms with van der Waals surface area (Å²) < 4.78 is 16.1. The van der Waals surface area contributed by atoms with Crippen LogP contribution in [-0.4, -0.2) is 24.2 Å². The third kappa shape index (κ3) is 1.64. The van der Waals surface area contributed by atoms with Gasteiger partial charge >= 0.3 is 5.76 Å². The molecule has 1 unspecified atom stereocenters. The van der Waals surface area contributed by atoms with Gasteiger partial charge in [0.15, 0.2) is 5.75 Å². The Balaban J connectivity index is 2.04. The van der Waals surface area contributed by atoms with Gasteiger partial charge in [-0.05, 0) is 17.7 Å². The van der Waals surface area contributed by atoms with Gasteiger partial charge in [-0.1, -0.05) is 5.11 Å². The number of aromatic nitrogens is 1. The summed E-state index contributed by atoms with van der Waals surface area (Å²) in [5.74, 6) is 0.303. The summed E-state index contributed by atoms with van der Waals surface area (Å²) in [6.45, 7) is 0.438. The van der Waals surface area contributed by atoms with E-state index >= 15 is 0 Å². The number of rotatable bonds is 2. The molecule has 0 saturated heterocycles. The van der Waals surface area contributed by atoms with Crippen molar-refractivity contribution in [1.82, 2.24) is 4.98 Å². The van der Waals surface area contributed by atoms with Crippen LogP contribution < -0.4 is 15.2 Å². The minimum absolute atomic E-state index is 0.154. The van der Waals surface area contributed by atoms with Crippen LogP contribution in [0.25, 0.3) is 21.5 Å². The SMILES string of the molecule is [N-]=[N+]=NCC1COc2ccc3[nH]c(=O)oc3c2O1. The summed E-state index contributed by atoms with van der Waals surface area (Å²) in [4.78, 5) is 16.3. The van der Waals surface area contributed by atoms with Crippen LogP contribution in [0.5, 0.6) is 11.5 Å². The van der Waals surface area contributed by atoms with Crippen molar-refractivity contribution in [2.45, 2.75) is 6.10 Å². The highest BCUT2D eigenvalue weighted by Crippen LogP contribution is 2.37. The minimum Gasteiger partial charge on any atom is -0.486 e. The van der Waals surface area contributed by atoms with E-state index in [1.807, 2.05) is 0 Å². The van der Waals surface area contributed by atoms with E-state index in [0.29, 0.717) is 22.6 Å². The molecule has 0 radical (unpaired) electrons. The van der Waals surface area contributed by atoms with E-state index in [9.17, 15) is 4.79 Å². The first kappa shape index (κ1) is 10.5. The molecule has 1 atom stereocenters. The van der Waals surface area contributed by atoms with E-state index in [1.54, 1.807) is 12.1 Å².